The highest BCUT2D eigenvalue weighted by molar-refractivity contribution is 7.19. The minimum Gasteiger partial charge on any atom is -0.356 e. The Morgan fingerprint density at radius 2 is 2.22 bits per heavy atom. The first-order valence-corrected chi connectivity index (χ1v) is 11.8. The van der Waals surface area contributed by atoms with Gasteiger partial charge in [-0.2, -0.15) is 5.10 Å². The van der Waals surface area contributed by atoms with Gasteiger partial charge in [0.25, 0.3) is 0 Å². The predicted octanol–water partition coefficient (Wildman–Crippen LogP) is 3.48. The Balaban J connectivity index is 1.34. The number of aromatic amines is 1. The van der Waals surface area contributed by atoms with E-state index >= 15 is 0 Å². The van der Waals surface area contributed by atoms with Crippen LogP contribution in [-0.2, 0) is 17.6 Å². The van der Waals surface area contributed by atoms with Gasteiger partial charge in [-0.3, -0.25) is 9.89 Å². The predicted molar refractivity (Wildman–Crippen MR) is 128 cm³/mol. The van der Waals surface area contributed by atoms with Crippen molar-refractivity contribution in [1.82, 2.24) is 30.4 Å². The van der Waals surface area contributed by atoms with Crippen molar-refractivity contribution in [2.24, 2.45) is 5.92 Å². The van der Waals surface area contributed by atoms with Crippen LogP contribution in [0.25, 0.3) is 21.1 Å². The molecule has 0 saturated carbocycles. The molecule has 1 aliphatic rings. The van der Waals surface area contributed by atoms with Crippen molar-refractivity contribution in [3.8, 4) is 0 Å². The lowest BCUT2D eigenvalue weighted by Gasteiger charge is -2.22. The van der Waals surface area contributed by atoms with Crippen molar-refractivity contribution in [2.75, 3.05) is 32.5 Å². The van der Waals surface area contributed by atoms with E-state index in [9.17, 15) is 4.79 Å². The number of carbonyl (C=O) groups is 1. The minimum absolute atomic E-state index is 0.0304. The van der Waals surface area contributed by atoms with E-state index in [1.807, 2.05) is 32.4 Å². The molecule has 166 valence electrons. The van der Waals surface area contributed by atoms with Crippen LogP contribution in [0.5, 0.6) is 0 Å². The van der Waals surface area contributed by atoms with Crippen LogP contribution in [0.2, 0.25) is 0 Å². The second-order valence-corrected chi connectivity index (χ2v) is 9.67. The minimum atomic E-state index is 0.0304. The van der Waals surface area contributed by atoms with Gasteiger partial charge in [-0.05, 0) is 70.1 Å². The number of benzene rings is 1. The van der Waals surface area contributed by atoms with Gasteiger partial charge in [0, 0.05) is 28.4 Å². The lowest BCUT2D eigenvalue weighted by atomic mass is 9.87. The molecule has 9 heteroatoms. The van der Waals surface area contributed by atoms with E-state index in [-0.39, 0.29) is 11.8 Å². The summed E-state index contributed by atoms with van der Waals surface area (Å²) in [7, 11) is 4.10. The molecule has 3 aromatic heterocycles. The fourth-order valence-corrected chi connectivity index (χ4v) is 5.60. The number of nitrogens with zero attached hydrogens (tertiary/aromatic N) is 4. The molecule has 3 N–H and O–H groups in total. The molecule has 0 saturated heterocycles. The average Bonchev–Trinajstić information content (AvgIpc) is 3.40. The molecule has 1 aliphatic carbocycles. The van der Waals surface area contributed by atoms with Gasteiger partial charge in [-0.1, -0.05) is 0 Å². The SMILES string of the molecule is CN(C)CCCNC(=O)C1CCc2c(sc3ncnc(Nc4ccc5[nH]ncc5c4)c23)C1. The first-order chi connectivity index (χ1) is 15.6. The van der Waals surface area contributed by atoms with Crippen molar-refractivity contribution >= 4 is 49.9 Å². The second-order valence-electron chi connectivity index (χ2n) is 8.59. The summed E-state index contributed by atoms with van der Waals surface area (Å²) in [6.45, 7) is 1.71. The summed E-state index contributed by atoms with van der Waals surface area (Å²) in [5.41, 5.74) is 3.25. The van der Waals surface area contributed by atoms with Gasteiger partial charge in [0.2, 0.25) is 5.91 Å². The van der Waals surface area contributed by atoms with E-state index in [2.05, 4.69) is 41.8 Å². The number of aromatic nitrogens is 4. The lowest BCUT2D eigenvalue weighted by molar-refractivity contribution is -0.125. The summed E-state index contributed by atoms with van der Waals surface area (Å²) in [6.07, 6.45) is 6.89. The van der Waals surface area contributed by atoms with E-state index < -0.39 is 0 Å². The zero-order valence-electron chi connectivity index (χ0n) is 18.3. The van der Waals surface area contributed by atoms with Gasteiger partial charge in [-0.25, -0.2) is 9.97 Å². The molecule has 3 heterocycles. The number of hydrogen-bond donors (Lipinski definition) is 3. The molecule has 1 aromatic carbocycles. The summed E-state index contributed by atoms with van der Waals surface area (Å²) in [5.74, 6) is 1.02. The fourth-order valence-electron chi connectivity index (χ4n) is 4.34. The zero-order valence-corrected chi connectivity index (χ0v) is 19.1. The smallest absolute Gasteiger partial charge is 0.223 e. The molecule has 1 atom stereocenters. The maximum Gasteiger partial charge on any atom is 0.223 e. The van der Waals surface area contributed by atoms with E-state index in [1.54, 1.807) is 17.7 Å². The van der Waals surface area contributed by atoms with Crippen LogP contribution in [0, 0.1) is 5.92 Å². The van der Waals surface area contributed by atoms with Gasteiger partial charge in [0.1, 0.15) is 17.0 Å². The molecule has 0 radical (unpaired) electrons. The molecular weight excluding hydrogens is 422 g/mol. The third kappa shape index (κ3) is 4.18. The number of anilines is 2. The number of thiophene rings is 1. The first kappa shape index (κ1) is 20.8. The van der Waals surface area contributed by atoms with Gasteiger partial charge < -0.3 is 15.5 Å². The number of hydrogen-bond acceptors (Lipinski definition) is 7. The Bertz CT molecular complexity index is 1260. The molecule has 0 spiro atoms. The zero-order chi connectivity index (χ0) is 22.1. The maximum atomic E-state index is 12.7. The van der Waals surface area contributed by atoms with Crippen LogP contribution < -0.4 is 10.6 Å². The van der Waals surface area contributed by atoms with Crippen molar-refractivity contribution in [2.45, 2.75) is 25.7 Å². The van der Waals surface area contributed by atoms with Crippen molar-refractivity contribution in [1.29, 1.82) is 0 Å². The molecule has 4 aromatic rings. The third-order valence-electron chi connectivity index (χ3n) is 6.00. The van der Waals surface area contributed by atoms with Crippen molar-refractivity contribution < 1.29 is 4.79 Å². The van der Waals surface area contributed by atoms with Crippen LogP contribution in [0.4, 0.5) is 11.5 Å². The van der Waals surface area contributed by atoms with Crippen LogP contribution in [0.3, 0.4) is 0 Å². The summed E-state index contributed by atoms with van der Waals surface area (Å²) in [6, 6.07) is 6.08. The third-order valence-corrected chi connectivity index (χ3v) is 7.16. The molecular formula is C23H27N7OS. The number of aryl methyl sites for hydroxylation is 1. The number of amides is 1. The molecule has 0 bridgehead atoms. The summed E-state index contributed by atoms with van der Waals surface area (Å²) < 4.78 is 0. The normalized spacial score (nSPS) is 15.9. The molecule has 0 aliphatic heterocycles. The average molecular weight is 450 g/mol. The highest BCUT2D eigenvalue weighted by atomic mass is 32.1. The van der Waals surface area contributed by atoms with Gasteiger partial charge in [0.15, 0.2) is 0 Å². The Kier molecular flexibility index (Phi) is 5.75. The van der Waals surface area contributed by atoms with Crippen LogP contribution in [-0.4, -0.2) is 58.2 Å². The van der Waals surface area contributed by atoms with Gasteiger partial charge >= 0.3 is 0 Å². The first-order valence-electron chi connectivity index (χ1n) is 11.0. The summed E-state index contributed by atoms with van der Waals surface area (Å²) >= 11 is 1.69. The van der Waals surface area contributed by atoms with E-state index in [1.165, 1.54) is 10.4 Å². The van der Waals surface area contributed by atoms with Gasteiger partial charge in [0.05, 0.1) is 17.1 Å². The Morgan fingerprint density at radius 1 is 1.31 bits per heavy atom. The van der Waals surface area contributed by atoms with E-state index in [4.69, 9.17) is 0 Å². The Morgan fingerprint density at radius 3 is 3.09 bits per heavy atom. The fraction of sp³-hybridized carbons (Fsp3) is 0.391. The van der Waals surface area contributed by atoms with E-state index in [0.717, 1.165) is 71.4 Å². The summed E-state index contributed by atoms with van der Waals surface area (Å²) in [4.78, 5) is 26.1. The van der Waals surface area contributed by atoms with Crippen LogP contribution in [0.15, 0.2) is 30.7 Å². The van der Waals surface area contributed by atoms with Crippen LogP contribution >= 0.6 is 11.3 Å². The Hall–Kier alpha value is -3.04. The van der Waals surface area contributed by atoms with Crippen molar-refractivity contribution in [3.05, 3.63) is 41.2 Å². The number of carbonyl (C=O) groups excluding carboxylic acids is 1. The standard InChI is InChI=1S/C23H27N7OS/c1-30(2)9-3-8-24-22(31)14-4-6-17-19(11-14)32-23-20(17)21(25-13-26-23)28-16-5-7-18-15(10-16)12-27-29-18/h5,7,10,12-14H,3-4,6,8-9,11H2,1-2H3,(H,24,31)(H,27,29)(H,25,26,28). The topological polar surface area (TPSA) is 98.8 Å². The highest BCUT2D eigenvalue weighted by Gasteiger charge is 2.29. The van der Waals surface area contributed by atoms with Crippen LogP contribution in [0.1, 0.15) is 23.3 Å². The number of fused-ring (bicyclic) bond motifs is 4. The molecule has 8 nitrogen and oxygen atoms in total. The number of H-pyrrole nitrogens is 1. The highest BCUT2D eigenvalue weighted by Crippen LogP contribution is 2.40. The van der Waals surface area contributed by atoms with E-state index in [0.29, 0.717) is 0 Å². The quantitative estimate of drug-likeness (QED) is 0.374. The molecule has 0 fully saturated rings. The lowest BCUT2D eigenvalue weighted by Crippen LogP contribution is -2.35. The largest absolute Gasteiger partial charge is 0.356 e. The van der Waals surface area contributed by atoms with Gasteiger partial charge in [-0.15, -0.1) is 11.3 Å². The van der Waals surface area contributed by atoms with Crippen molar-refractivity contribution in [3.63, 3.8) is 0 Å². The maximum absolute atomic E-state index is 12.7. The molecule has 1 unspecified atom stereocenters. The second kappa shape index (κ2) is 8.84. The Labute approximate surface area is 190 Å². The molecule has 1 amide bonds. The summed E-state index contributed by atoms with van der Waals surface area (Å²) in [5, 5.41) is 15.8. The number of nitrogens with one attached hydrogen (secondary N) is 3. The number of rotatable bonds is 7. The molecule has 5 rings (SSSR count). The monoisotopic (exact) mass is 449 g/mol. The molecule has 32 heavy (non-hydrogen) atoms.